The molecule has 1 rings (SSSR count). The van der Waals surface area contributed by atoms with Crippen molar-refractivity contribution < 1.29 is 14.7 Å². The first-order chi connectivity index (χ1) is 5.68. The molecule has 0 saturated carbocycles. The summed E-state index contributed by atoms with van der Waals surface area (Å²) in [5.74, 6) is -0.768. The van der Waals surface area contributed by atoms with Crippen LogP contribution in [0.4, 0.5) is 0 Å². The van der Waals surface area contributed by atoms with E-state index in [-0.39, 0.29) is 12.2 Å². The SMILES string of the molecule is O=C(O)CCC1=CC=CC(=O)C1. The van der Waals surface area contributed by atoms with Gasteiger partial charge in [0.05, 0.1) is 0 Å². The van der Waals surface area contributed by atoms with E-state index >= 15 is 0 Å². The zero-order chi connectivity index (χ0) is 8.97. The molecule has 1 N–H and O–H groups in total. The second-order valence-electron chi connectivity index (χ2n) is 2.72. The van der Waals surface area contributed by atoms with Crippen molar-refractivity contribution in [1.29, 1.82) is 0 Å². The zero-order valence-corrected chi connectivity index (χ0v) is 6.62. The van der Waals surface area contributed by atoms with Gasteiger partial charge in [0.1, 0.15) is 0 Å². The summed E-state index contributed by atoms with van der Waals surface area (Å²) in [5, 5.41) is 8.38. The summed E-state index contributed by atoms with van der Waals surface area (Å²) >= 11 is 0. The van der Waals surface area contributed by atoms with Crippen LogP contribution < -0.4 is 0 Å². The highest BCUT2D eigenvalue weighted by atomic mass is 16.4. The number of ketones is 1. The molecule has 64 valence electrons. The minimum Gasteiger partial charge on any atom is -0.481 e. The summed E-state index contributed by atoms with van der Waals surface area (Å²) < 4.78 is 0. The van der Waals surface area contributed by atoms with Gasteiger partial charge in [-0.25, -0.2) is 0 Å². The maximum absolute atomic E-state index is 10.8. The summed E-state index contributed by atoms with van der Waals surface area (Å²) in [7, 11) is 0. The molecule has 1 aliphatic carbocycles. The Bertz CT molecular complexity index is 261. The average Bonchev–Trinajstić information content (AvgIpc) is 2.01. The normalized spacial score (nSPS) is 16.0. The van der Waals surface area contributed by atoms with Crippen LogP contribution in [0, 0.1) is 0 Å². The van der Waals surface area contributed by atoms with E-state index in [1.54, 1.807) is 6.08 Å². The number of hydrogen-bond acceptors (Lipinski definition) is 2. The second-order valence-corrected chi connectivity index (χ2v) is 2.72. The fourth-order valence-electron chi connectivity index (χ4n) is 1.07. The van der Waals surface area contributed by atoms with Gasteiger partial charge in [0, 0.05) is 12.8 Å². The van der Waals surface area contributed by atoms with Gasteiger partial charge in [-0.3, -0.25) is 9.59 Å². The largest absolute Gasteiger partial charge is 0.481 e. The molecule has 0 heterocycles. The number of rotatable bonds is 3. The highest BCUT2D eigenvalue weighted by Gasteiger charge is 2.07. The minimum absolute atomic E-state index is 0.0536. The third-order valence-electron chi connectivity index (χ3n) is 1.68. The summed E-state index contributed by atoms with van der Waals surface area (Å²) in [6.45, 7) is 0. The van der Waals surface area contributed by atoms with Crippen molar-refractivity contribution in [2.24, 2.45) is 0 Å². The fourth-order valence-corrected chi connectivity index (χ4v) is 1.07. The van der Waals surface area contributed by atoms with Crippen LogP contribution in [-0.2, 0) is 9.59 Å². The van der Waals surface area contributed by atoms with E-state index < -0.39 is 5.97 Å². The fraction of sp³-hybridized carbons (Fsp3) is 0.333. The maximum Gasteiger partial charge on any atom is 0.303 e. The molecule has 0 atom stereocenters. The molecule has 0 saturated heterocycles. The van der Waals surface area contributed by atoms with Gasteiger partial charge in [-0.2, -0.15) is 0 Å². The van der Waals surface area contributed by atoms with Crippen LogP contribution in [0.1, 0.15) is 19.3 Å². The van der Waals surface area contributed by atoms with Gasteiger partial charge in [-0.15, -0.1) is 0 Å². The predicted octanol–water partition coefficient (Wildman–Crippen LogP) is 1.31. The van der Waals surface area contributed by atoms with E-state index in [0.29, 0.717) is 12.8 Å². The lowest BCUT2D eigenvalue weighted by Gasteiger charge is -2.05. The van der Waals surface area contributed by atoms with Crippen LogP contribution in [0.15, 0.2) is 23.8 Å². The van der Waals surface area contributed by atoms with Gasteiger partial charge in [-0.1, -0.05) is 17.7 Å². The van der Waals surface area contributed by atoms with Gasteiger partial charge >= 0.3 is 5.97 Å². The van der Waals surface area contributed by atoms with Gasteiger partial charge < -0.3 is 5.11 Å². The summed E-state index contributed by atoms with van der Waals surface area (Å²) in [6.07, 6.45) is 5.94. The minimum atomic E-state index is -0.821. The standard InChI is InChI=1S/C9H10O3/c10-8-3-1-2-7(6-8)4-5-9(11)12/h1-3H,4-6H2,(H,11,12). The monoisotopic (exact) mass is 166 g/mol. The topological polar surface area (TPSA) is 54.4 Å². The molecular weight excluding hydrogens is 156 g/mol. The van der Waals surface area contributed by atoms with Gasteiger partial charge in [0.2, 0.25) is 0 Å². The summed E-state index contributed by atoms with van der Waals surface area (Å²) in [5.41, 5.74) is 0.907. The molecule has 0 fully saturated rings. The third-order valence-corrected chi connectivity index (χ3v) is 1.68. The molecule has 1 aliphatic rings. The molecule has 3 heteroatoms. The van der Waals surface area contributed by atoms with Crippen molar-refractivity contribution in [2.75, 3.05) is 0 Å². The Morgan fingerprint density at radius 1 is 1.58 bits per heavy atom. The quantitative estimate of drug-likeness (QED) is 0.687. The number of hydrogen-bond donors (Lipinski definition) is 1. The molecular formula is C9H10O3. The van der Waals surface area contributed by atoms with E-state index in [9.17, 15) is 9.59 Å². The van der Waals surface area contributed by atoms with Crippen LogP contribution in [0.25, 0.3) is 0 Å². The Balaban J connectivity index is 2.43. The van der Waals surface area contributed by atoms with Crippen molar-refractivity contribution in [1.82, 2.24) is 0 Å². The Labute approximate surface area is 70.4 Å². The zero-order valence-electron chi connectivity index (χ0n) is 6.62. The number of carboxylic acid groups (broad SMARTS) is 1. The number of carbonyl (C=O) groups is 2. The van der Waals surface area contributed by atoms with E-state index in [1.807, 2.05) is 6.08 Å². The van der Waals surface area contributed by atoms with Crippen molar-refractivity contribution in [2.45, 2.75) is 19.3 Å². The lowest BCUT2D eigenvalue weighted by atomic mass is 10.00. The van der Waals surface area contributed by atoms with Gasteiger partial charge in [0.25, 0.3) is 0 Å². The van der Waals surface area contributed by atoms with E-state index in [1.165, 1.54) is 6.08 Å². The molecule has 0 aliphatic heterocycles. The van der Waals surface area contributed by atoms with Crippen molar-refractivity contribution in [3.63, 3.8) is 0 Å². The first-order valence-electron chi connectivity index (χ1n) is 3.79. The second kappa shape index (κ2) is 3.85. The van der Waals surface area contributed by atoms with E-state index in [2.05, 4.69) is 0 Å². The summed E-state index contributed by atoms with van der Waals surface area (Å²) in [4.78, 5) is 21.0. The molecule has 0 unspecified atom stereocenters. The first-order valence-corrected chi connectivity index (χ1v) is 3.79. The number of allylic oxidation sites excluding steroid dienone is 4. The van der Waals surface area contributed by atoms with Crippen LogP contribution in [0.2, 0.25) is 0 Å². The smallest absolute Gasteiger partial charge is 0.303 e. The van der Waals surface area contributed by atoms with E-state index in [4.69, 9.17) is 5.11 Å². The third kappa shape index (κ3) is 2.70. The molecule has 0 radical (unpaired) electrons. The van der Waals surface area contributed by atoms with Gasteiger partial charge in [0.15, 0.2) is 5.78 Å². The maximum atomic E-state index is 10.8. The molecule has 3 nitrogen and oxygen atoms in total. The van der Waals surface area contributed by atoms with Crippen LogP contribution in [-0.4, -0.2) is 16.9 Å². The molecule has 0 bridgehead atoms. The molecule has 12 heavy (non-hydrogen) atoms. The Morgan fingerprint density at radius 3 is 2.92 bits per heavy atom. The van der Waals surface area contributed by atoms with Crippen molar-refractivity contribution in [3.8, 4) is 0 Å². The van der Waals surface area contributed by atoms with Crippen LogP contribution >= 0.6 is 0 Å². The molecule has 0 aromatic carbocycles. The van der Waals surface area contributed by atoms with E-state index in [0.717, 1.165) is 5.57 Å². The molecule has 0 amide bonds. The van der Waals surface area contributed by atoms with Crippen molar-refractivity contribution >= 4 is 11.8 Å². The molecule has 0 aromatic rings. The summed E-state index contributed by atoms with van der Waals surface area (Å²) in [6, 6.07) is 0. The van der Waals surface area contributed by atoms with Crippen molar-refractivity contribution in [3.05, 3.63) is 23.8 Å². The Hall–Kier alpha value is -1.38. The highest BCUT2D eigenvalue weighted by Crippen LogP contribution is 2.14. The van der Waals surface area contributed by atoms with Gasteiger partial charge in [-0.05, 0) is 12.5 Å². The lowest BCUT2D eigenvalue weighted by molar-refractivity contribution is -0.137. The molecule has 0 spiro atoms. The predicted molar refractivity (Wildman–Crippen MR) is 43.7 cm³/mol. The Kier molecular flexibility index (Phi) is 2.80. The first kappa shape index (κ1) is 8.71. The highest BCUT2D eigenvalue weighted by molar-refractivity contribution is 5.93. The number of aliphatic carboxylic acids is 1. The Morgan fingerprint density at radius 2 is 2.33 bits per heavy atom. The molecule has 0 aromatic heterocycles. The average molecular weight is 166 g/mol. The van der Waals surface area contributed by atoms with Crippen LogP contribution in [0.3, 0.4) is 0 Å². The number of carboxylic acids is 1. The van der Waals surface area contributed by atoms with Crippen LogP contribution in [0.5, 0.6) is 0 Å². The number of carbonyl (C=O) groups excluding carboxylic acids is 1. The lowest BCUT2D eigenvalue weighted by Crippen LogP contribution is -2.02.